The summed E-state index contributed by atoms with van der Waals surface area (Å²) in [5.41, 5.74) is 2.33. The highest BCUT2D eigenvalue weighted by Gasteiger charge is 2.62. The van der Waals surface area contributed by atoms with Gasteiger partial charge in [-0.05, 0) is 36.2 Å². The summed E-state index contributed by atoms with van der Waals surface area (Å²) in [5.74, 6) is -0.182. The molecule has 0 radical (unpaired) electrons. The first-order valence-corrected chi connectivity index (χ1v) is 10.3. The Balaban J connectivity index is 1.38. The summed E-state index contributed by atoms with van der Waals surface area (Å²) >= 11 is 1.29. The highest BCUT2D eigenvalue weighted by Crippen LogP contribution is 2.45. The van der Waals surface area contributed by atoms with Crippen molar-refractivity contribution in [3.05, 3.63) is 59.7 Å². The number of nitriles is 1. The molecule has 9 heteroatoms. The molecule has 0 saturated carbocycles. The van der Waals surface area contributed by atoms with Crippen molar-refractivity contribution in [3.8, 4) is 16.6 Å². The molecule has 5 rings (SSSR count). The van der Waals surface area contributed by atoms with Crippen LogP contribution < -0.4 is 5.32 Å². The minimum absolute atomic E-state index is 0.0820. The number of anilines is 2. The molecule has 4 heterocycles. The predicted octanol–water partition coefficient (Wildman–Crippen LogP) is 3.67. The van der Waals surface area contributed by atoms with Crippen LogP contribution in [0.3, 0.4) is 0 Å². The van der Waals surface area contributed by atoms with Gasteiger partial charge in [-0.3, -0.25) is 14.7 Å². The number of likely N-dealkylation sites (tertiary alicyclic amines) is 1. The number of rotatable bonds is 4. The second-order valence-corrected chi connectivity index (χ2v) is 8.46. The molecule has 2 aromatic heterocycles. The molecule has 0 aliphatic carbocycles. The van der Waals surface area contributed by atoms with Gasteiger partial charge in [-0.15, -0.1) is 11.3 Å². The number of hydrogen-bond acceptors (Lipinski definition) is 7. The van der Waals surface area contributed by atoms with Crippen molar-refractivity contribution in [2.45, 2.75) is 19.1 Å². The zero-order chi connectivity index (χ0) is 20.8. The zero-order valence-corrected chi connectivity index (χ0v) is 16.8. The standard InChI is InChI=1S/C21H17FN6OS/c1-12-10-27(11-23)20-18(12)28(20)21(29)19-25-9-17(30-19)15-8-24-7-6-16(15)26-14-4-2-13(22)3-5-14/h2-9,12,18,20H,10H2,1H3,(H,24,26)/t12?,18-,20?,28?/m1/s1. The van der Waals surface area contributed by atoms with E-state index in [1.165, 1.54) is 23.5 Å². The van der Waals surface area contributed by atoms with Crippen LogP contribution in [-0.4, -0.2) is 44.4 Å². The average molecular weight is 420 g/mol. The zero-order valence-electron chi connectivity index (χ0n) is 16.0. The fourth-order valence-electron chi connectivity index (χ4n) is 4.02. The Bertz CT molecular complexity index is 1160. The van der Waals surface area contributed by atoms with E-state index in [1.807, 2.05) is 6.07 Å². The molecule has 7 nitrogen and oxygen atoms in total. The van der Waals surface area contributed by atoms with E-state index in [-0.39, 0.29) is 29.8 Å². The second-order valence-electron chi connectivity index (χ2n) is 7.43. The average Bonchev–Trinajstić information content (AvgIpc) is 3.13. The van der Waals surface area contributed by atoms with Crippen LogP contribution in [0.4, 0.5) is 15.8 Å². The normalized spacial score (nSPS) is 21.8. The lowest BCUT2D eigenvalue weighted by molar-refractivity contribution is 0.0816. The third-order valence-corrected chi connectivity index (χ3v) is 6.49. The number of nitrogens with one attached hydrogen (secondary N) is 1. The Kier molecular flexibility index (Phi) is 4.37. The van der Waals surface area contributed by atoms with E-state index in [4.69, 9.17) is 0 Å². The van der Waals surface area contributed by atoms with E-state index in [1.54, 1.807) is 40.5 Å². The lowest BCUT2D eigenvalue weighted by atomic mass is 10.1. The number of pyridine rings is 1. The van der Waals surface area contributed by atoms with E-state index in [2.05, 4.69) is 28.4 Å². The maximum atomic E-state index is 13.2. The molecule has 1 aromatic carbocycles. The summed E-state index contributed by atoms with van der Waals surface area (Å²) in [5, 5.41) is 12.9. The highest BCUT2D eigenvalue weighted by molar-refractivity contribution is 7.17. The first-order chi connectivity index (χ1) is 14.6. The number of fused-ring (bicyclic) bond motifs is 1. The molecule has 3 atom stereocenters. The summed E-state index contributed by atoms with van der Waals surface area (Å²) < 4.78 is 13.2. The Morgan fingerprint density at radius 2 is 2.10 bits per heavy atom. The van der Waals surface area contributed by atoms with Crippen LogP contribution in [0.15, 0.2) is 48.9 Å². The van der Waals surface area contributed by atoms with Gasteiger partial charge in [0.2, 0.25) is 0 Å². The third-order valence-electron chi connectivity index (χ3n) is 5.47. The number of nitrogens with zero attached hydrogens (tertiary/aromatic N) is 5. The van der Waals surface area contributed by atoms with Crippen LogP contribution in [0.2, 0.25) is 0 Å². The van der Waals surface area contributed by atoms with Crippen LogP contribution in [0.1, 0.15) is 16.7 Å². The van der Waals surface area contributed by atoms with Gasteiger partial charge in [0, 0.05) is 36.4 Å². The fraction of sp³-hybridized carbons (Fsp3) is 0.238. The van der Waals surface area contributed by atoms with Crippen molar-refractivity contribution < 1.29 is 9.18 Å². The molecule has 1 amide bonds. The highest BCUT2D eigenvalue weighted by atomic mass is 32.1. The lowest BCUT2D eigenvalue weighted by Crippen LogP contribution is -2.30. The van der Waals surface area contributed by atoms with E-state index in [0.717, 1.165) is 21.8 Å². The van der Waals surface area contributed by atoms with Crippen LogP contribution >= 0.6 is 11.3 Å². The molecule has 2 aliphatic heterocycles. The van der Waals surface area contributed by atoms with Crippen molar-refractivity contribution in [1.82, 2.24) is 19.8 Å². The SMILES string of the molecule is CC1CN(C#N)C2[C@@H]1N2C(=O)c1ncc(-c2cnccc2Nc2ccc(F)cc2)s1. The van der Waals surface area contributed by atoms with Gasteiger partial charge in [0.05, 0.1) is 16.6 Å². The fourth-order valence-corrected chi connectivity index (χ4v) is 4.90. The molecule has 30 heavy (non-hydrogen) atoms. The Hall–Kier alpha value is -3.51. The minimum Gasteiger partial charge on any atom is -0.355 e. The van der Waals surface area contributed by atoms with Crippen molar-refractivity contribution in [2.24, 2.45) is 5.92 Å². The van der Waals surface area contributed by atoms with Crippen LogP contribution in [-0.2, 0) is 0 Å². The maximum absolute atomic E-state index is 13.2. The van der Waals surface area contributed by atoms with Crippen molar-refractivity contribution in [3.63, 3.8) is 0 Å². The van der Waals surface area contributed by atoms with Crippen LogP contribution in [0.25, 0.3) is 10.4 Å². The van der Waals surface area contributed by atoms with Gasteiger partial charge in [-0.25, -0.2) is 9.37 Å². The quantitative estimate of drug-likeness (QED) is 0.512. The number of carbonyl (C=O) groups excluding carboxylic acids is 1. The van der Waals surface area contributed by atoms with Crippen LogP contribution in [0.5, 0.6) is 0 Å². The number of thiazole rings is 1. The van der Waals surface area contributed by atoms with Gasteiger partial charge in [0.15, 0.2) is 11.2 Å². The summed E-state index contributed by atoms with van der Waals surface area (Å²) in [6, 6.07) is 7.99. The molecule has 3 aromatic rings. The van der Waals surface area contributed by atoms with Gasteiger partial charge < -0.3 is 10.2 Å². The van der Waals surface area contributed by atoms with Gasteiger partial charge in [0.1, 0.15) is 12.0 Å². The monoisotopic (exact) mass is 420 g/mol. The number of halogens is 1. The molecule has 0 spiro atoms. The molecule has 0 bridgehead atoms. The van der Waals surface area contributed by atoms with Gasteiger partial charge in [-0.1, -0.05) is 6.92 Å². The van der Waals surface area contributed by atoms with Crippen molar-refractivity contribution in [1.29, 1.82) is 5.26 Å². The first-order valence-electron chi connectivity index (χ1n) is 9.48. The van der Waals surface area contributed by atoms with Crippen molar-refractivity contribution in [2.75, 3.05) is 11.9 Å². The second kappa shape index (κ2) is 7.07. The predicted molar refractivity (Wildman–Crippen MR) is 110 cm³/mol. The molecule has 2 aliphatic rings. The van der Waals surface area contributed by atoms with E-state index in [0.29, 0.717) is 11.6 Å². The van der Waals surface area contributed by atoms with E-state index < -0.39 is 0 Å². The largest absolute Gasteiger partial charge is 0.355 e. The maximum Gasteiger partial charge on any atom is 0.284 e. The van der Waals surface area contributed by atoms with Crippen molar-refractivity contribution >= 4 is 28.6 Å². The van der Waals surface area contributed by atoms with E-state index >= 15 is 0 Å². The van der Waals surface area contributed by atoms with Gasteiger partial charge >= 0.3 is 0 Å². The van der Waals surface area contributed by atoms with E-state index in [9.17, 15) is 14.4 Å². The molecule has 2 fully saturated rings. The molecule has 2 saturated heterocycles. The first kappa shape index (κ1) is 18.5. The van der Waals surface area contributed by atoms with Crippen LogP contribution in [0, 0.1) is 23.2 Å². The lowest BCUT2D eigenvalue weighted by Gasteiger charge is -2.16. The van der Waals surface area contributed by atoms with Gasteiger partial charge in [0.25, 0.3) is 5.91 Å². The molecular formula is C21H17FN6OS. The number of amides is 1. The Morgan fingerprint density at radius 1 is 1.30 bits per heavy atom. The number of benzene rings is 1. The van der Waals surface area contributed by atoms with Gasteiger partial charge in [-0.2, -0.15) is 5.26 Å². The topological polar surface area (TPSA) is 84.9 Å². The number of carbonyl (C=O) groups is 1. The molecular weight excluding hydrogens is 403 g/mol. The summed E-state index contributed by atoms with van der Waals surface area (Å²) in [4.78, 5) is 25.7. The smallest absolute Gasteiger partial charge is 0.284 e. The number of aromatic nitrogens is 2. The third kappa shape index (κ3) is 3.06. The molecule has 150 valence electrons. The minimum atomic E-state index is -0.301. The molecule has 1 N–H and O–H groups in total. The molecule has 2 unspecified atom stereocenters. The Morgan fingerprint density at radius 3 is 2.87 bits per heavy atom. The summed E-state index contributed by atoms with van der Waals surface area (Å²) in [6.45, 7) is 2.74. The summed E-state index contributed by atoms with van der Waals surface area (Å²) in [6.07, 6.45) is 7.06. The summed E-state index contributed by atoms with van der Waals surface area (Å²) in [7, 11) is 0. The number of hydrogen-bond donors (Lipinski definition) is 1. The Labute approximate surface area is 176 Å².